The smallest absolute Gasteiger partial charge is 0.225 e. The van der Waals surface area contributed by atoms with E-state index in [1.54, 1.807) is 0 Å². The van der Waals surface area contributed by atoms with E-state index >= 15 is 0 Å². The highest BCUT2D eigenvalue weighted by atomic mass is 16.1. The minimum absolute atomic E-state index is 0.0835. The van der Waals surface area contributed by atoms with Gasteiger partial charge in [0.05, 0.1) is 17.1 Å². The van der Waals surface area contributed by atoms with Crippen molar-refractivity contribution in [3.05, 3.63) is 35.2 Å². The number of aryl methyl sites for hydroxylation is 2. The molecule has 1 amide bonds. The summed E-state index contributed by atoms with van der Waals surface area (Å²) in [6, 6.07) is 6.03. The van der Waals surface area contributed by atoms with Crippen molar-refractivity contribution >= 4 is 17.4 Å². The molecule has 1 aromatic carbocycles. The van der Waals surface area contributed by atoms with E-state index in [4.69, 9.17) is 15.7 Å². The van der Waals surface area contributed by atoms with E-state index in [0.717, 1.165) is 47.6 Å². The number of nitrogens with two attached hydrogens (primary N) is 1. The molecule has 2 aliphatic rings. The molecule has 4 rings (SSSR count). The number of amides is 1. The zero-order valence-corrected chi connectivity index (χ0v) is 17.6. The number of aromatic nitrogens is 2. The number of carbonyl (C=O) groups is 1. The first-order valence-corrected chi connectivity index (χ1v) is 11.1. The molecule has 1 fully saturated rings. The quantitative estimate of drug-likeness (QED) is 0.707. The Labute approximate surface area is 173 Å². The molecule has 0 bridgehead atoms. The summed E-state index contributed by atoms with van der Waals surface area (Å²) < 4.78 is 0. The summed E-state index contributed by atoms with van der Waals surface area (Å²) in [4.78, 5) is 22.6. The Hall–Kier alpha value is -2.43. The molecule has 3 N–H and O–H groups in total. The lowest BCUT2D eigenvalue weighted by atomic mass is 9.87. The predicted octanol–water partition coefficient (Wildman–Crippen LogP) is 4.93. The van der Waals surface area contributed by atoms with Crippen LogP contribution in [0.4, 0.5) is 11.5 Å². The lowest BCUT2D eigenvalue weighted by Crippen LogP contribution is -2.22. The van der Waals surface area contributed by atoms with Gasteiger partial charge in [0.15, 0.2) is 5.82 Å². The van der Waals surface area contributed by atoms with Crippen molar-refractivity contribution in [2.75, 3.05) is 11.1 Å². The summed E-state index contributed by atoms with van der Waals surface area (Å²) in [5, 5.41) is 3.11. The van der Waals surface area contributed by atoms with Gasteiger partial charge in [0.1, 0.15) is 0 Å². The first kappa shape index (κ1) is 19.9. The molecule has 29 heavy (non-hydrogen) atoms. The number of hydrogen-bond donors (Lipinski definition) is 2. The molecule has 0 saturated heterocycles. The third kappa shape index (κ3) is 4.60. The first-order chi connectivity index (χ1) is 14.0. The number of nitrogens with one attached hydrogen (secondary N) is 1. The lowest BCUT2D eigenvalue weighted by Gasteiger charge is -2.23. The average molecular weight is 393 g/mol. The Morgan fingerprint density at radius 2 is 1.97 bits per heavy atom. The van der Waals surface area contributed by atoms with Gasteiger partial charge in [0.25, 0.3) is 0 Å². The number of benzene rings is 1. The highest BCUT2D eigenvalue weighted by Gasteiger charge is 2.24. The molecule has 1 aromatic heterocycles. The fourth-order valence-corrected chi connectivity index (χ4v) is 4.67. The van der Waals surface area contributed by atoms with E-state index in [-0.39, 0.29) is 5.91 Å². The van der Waals surface area contributed by atoms with Crippen molar-refractivity contribution < 1.29 is 4.79 Å². The number of nitrogens with zero attached hydrogens (tertiary/aromatic N) is 2. The predicted molar refractivity (Wildman–Crippen MR) is 118 cm³/mol. The van der Waals surface area contributed by atoms with Crippen LogP contribution in [0.1, 0.15) is 69.3 Å². The summed E-state index contributed by atoms with van der Waals surface area (Å²) in [5.41, 5.74) is 11.9. The van der Waals surface area contributed by atoms with Crippen LogP contribution in [0.15, 0.2) is 18.2 Å². The van der Waals surface area contributed by atoms with Gasteiger partial charge in [-0.1, -0.05) is 39.2 Å². The summed E-state index contributed by atoms with van der Waals surface area (Å²) in [6.45, 7) is 4.34. The van der Waals surface area contributed by atoms with Crippen LogP contribution in [0.25, 0.3) is 11.3 Å². The Bertz CT molecular complexity index is 900. The van der Waals surface area contributed by atoms with E-state index in [1.165, 1.54) is 37.7 Å². The molecule has 0 aliphatic heterocycles. The highest BCUT2D eigenvalue weighted by Crippen LogP contribution is 2.34. The number of nitrogen functional groups attached to an aromatic ring is 1. The summed E-state index contributed by atoms with van der Waals surface area (Å²) in [6.07, 6.45) is 9.27. The minimum atomic E-state index is 0.0835. The second kappa shape index (κ2) is 8.52. The van der Waals surface area contributed by atoms with Crippen molar-refractivity contribution in [3.8, 4) is 11.3 Å². The standard InChI is InChI=1S/C24H32N4O/c1-15(2)12-21-24(28-22(29)13-16-6-4-3-5-7-16)27-20-11-8-17-14-18(25)9-10-19(17)23(20)26-21/h9-10,14-16H,3-8,11-13,25H2,1-2H3,(H,27,28,29). The molecule has 5 heteroatoms. The molecule has 0 unspecified atom stereocenters. The number of hydrogen-bond acceptors (Lipinski definition) is 4. The maximum absolute atomic E-state index is 12.7. The van der Waals surface area contributed by atoms with Gasteiger partial charge in [0, 0.05) is 17.7 Å². The lowest BCUT2D eigenvalue weighted by molar-refractivity contribution is -0.117. The Morgan fingerprint density at radius 3 is 2.72 bits per heavy atom. The monoisotopic (exact) mass is 392 g/mol. The second-order valence-electron chi connectivity index (χ2n) is 9.09. The van der Waals surface area contributed by atoms with Crippen molar-refractivity contribution in [3.63, 3.8) is 0 Å². The van der Waals surface area contributed by atoms with E-state index < -0.39 is 0 Å². The maximum atomic E-state index is 12.7. The fraction of sp³-hybridized carbons (Fsp3) is 0.542. The molecular formula is C24H32N4O. The highest BCUT2D eigenvalue weighted by molar-refractivity contribution is 5.90. The number of carbonyl (C=O) groups excluding carboxylic acids is 1. The molecule has 0 radical (unpaired) electrons. The Kier molecular flexibility index (Phi) is 5.84. The molecule has 0 spiro atoms. The van der Waals surface area contributed by atoms with Gasteiger partial charge in [0.2, 0.25) is 5.91 Å². The molecule has 154 valence electrons. The fourth-order valence-electron chi connectivity index (χ4n) is 4.67. The normalized spacial score (nSPS) is 16.4. The van der Waals surface area contributed by atoms with Gasteiger partial charge in [-0.3, -0.25) is 4.79 Å². The van der Waals surface area contributed by atoms with Crippen LogP contribution in [0, 0.1) is 11.8 Å². The summed E-state index contributed by atoms with van der Waals surface area (Å²) in [5.74, 6) is 1.70. The van der Waals surface area contributed by atoms with Gasteiger partial charge >= 0.3 is 0 Å². The van der Waals surface area contributed by atoms with Crippen LogP contribution in [-0.4, -0.2) is 15.9 Å². The van der Waals surface area contributed by atoms with Crippen molar-refractivity contribution in [2.45, 2.75) is 71.6 Å². The number of rotatable bonds is 5. The van der Waals surface area contributed by atoms with E-state index in [9.17, 15) is 4.79 Å². The molecule has 5 nitrogen and oxygen atoms in total. The summed E-state index contributed by atoms with van der Waals surface area (Å²) >= 11 is 0. The van der Waals surface area contributed by atoms with Crippen LogP contribution < -0.4 is 11.1 Å². The average Bonchev–Trinajstić information content (AvgIpc) is 2.68. The molecule has 0 atom stereocenters. The number of anilines is 2. The van der Waals surface area contributed by atoms with Crippen molar-refractivity contribution in [1.29, 1.82) is 0 Å². The topological polar surface area (TPSA) is 80.9 Å². The van der Waals surface area contributed by atoms with Gasteiger partial charge in [-0.15, -0.1) is 0 Å². The maximum Gasteiger partial charge on any atom is 0.225 e. The Balaban J connectivity index is 1.62. The summed E-state index contributed by atoms with van der Waals surface area (Å²) in [7, 11) is 0. The van der Waals surface area contributed by atoms with Crippen LogP contribution in [0.5, 0.6) is 0 Å². The van der Waals surface area contributed by atoms with Gasteiger partial charge in [-0.25, -0.2) is 9.97 Å². The number of fused-ring (bicyclic) bond motifs is 3. The van der Waals surface area contributed by atoms with Crippen LogP contribution in [-0.2, 0) is 24.1 Å². The zero-order chi connectivity index (χ0) is 20.4. The van der Waals surface area contributed by atoms with Crippen molar-refractivity contribution in [2.24, 2.45) is 11.8 Å². The van der Waals surface area contributed by atoms with E-state index in [1.807, 2.05) is 12.1 Å². The minimum Gasteiger partial charge on any atom is -0.399 e. The first-order valence-electron chi connectivity index (χ1n) is 11.1. The van der Waals surface area contributed by atoms with Crippen molar-refractivity contribution in [1.82, 2.24) is 9.97 Å². The molecular weight excluding hydrogens is 360 g/mol. The molecule has 1 heterocycles. The van der Waals surface area contributed by atoms with Crippen LogP contribution >= 0.6 is 0 Å². The largest absolute Gasteiger partial charge is 0.399 e. The third-order valence-corrected chi connectivity index (χ3v) is 6.11. The van der Waals surface area contributed by atoms with Gasteiger partial charge in [-0.2, -0.15) is 0 Å². The van der Waals surface area contributed by atoms with Gasteiger partial charge in [-0.05, 0) is 61.6 Å². The SMILES string of the molecule is CC(C)Cc1nc2c(nc1NC(=O)CC1CCCCC1)CCc1cc(N)ccc1-2. The van der Waals surface area contributed by atoms with E-state index in [0.29, 0.717) is 24.1 Å². The Morgan fingerprint density at radius 1 is 1.17 bits per heavy atom. The molecule has 2 aromatic rings. The second-order valence-corrected chi connectivity index (χ2v) is 9.09. The van der Waals surface area contributed by atoms with Gasteiger partial charge < -0.3 is 11.1 Å². The third-order valence-electron chi connectivity index (χ3n) is 6.11. The van der Waals surface area contributed by atoms with E-state index in [2.05, 4.69) is 25.2 Å². The van der Waals surface area contributed by atoms with Crippen LogP contribution in [0.3, 0.4) is 0 Å². The zero-order valence-electron chi connectivity index (χ0n) is 17.6. The molecule has 2 aliphatic carbocycles. The molecule has 1 saturated carbocycles. The van der Waals surface area contributed by atoms with Crippen LogP contribution in [0.2, 0.25) is 0 Å².